The summed E-state index contributed by atoms with van der Waals surface area (Å²) in [5.74, 6) is -0.182. The molecule has 0 radical (unpaired) electrons. The van der Waals surface area contributed by atoms with Crippen LogP contribution in [0.3, 0.4) is 0 Å². The molecule has 2 N–H and O–H groups in total. The van der Waals surface area contributed by atoms with Gasteiger partial charge in [0, 0.05) is 11.6 Å². The van der Waals surface area contributed by atoms with Crippen molar-refractivity contribution in [1.29, 1.82) is 0 Å². The van der Waals surface area contributed by atoms with Crippen LogP contribution in [0.25, 0.3) is 11.1 Å². The van der Waals surface area contributed by atoms with Gasteiger partial charge in [0.25, 0.3) is 0 Å². The van der Waals surface area contributed by atoms with Crippen LogP contribution in [0.2, 0.25) is 0 Å². The van der Waals surface area contributed by atoms with E-state index in [4.69, 9.17) is 5.73 Å². The molecule has 0 spiro atoms. The molecule has 0 aromatic heterocycles. The SMILES string of the molecule is NC1CCc2c(-c3ccccc3OC(F)(F)F)cccc21. The molecule has 1 unspecified atom stereocenters. The van der Waals surface area contributed by atoms with E-state index in [1.807, 2.05) is 18.2 Å². The van der Waals surface area contributed by atoms with Crippen LogP contribution in [-0.2, 0) is 6.42 Å². The van der Waals surface area contributed by atoms with E-state index in [1.54, 1.807) is 12.1 Å². The van der Waals surface area contributed by atoms with Gasteiger partial charge in [0.2, 0.25) is 0 Å². The van der Waals surface area contributed by atoms with Crippen LogP contribution in [0.15, 0.2) is 42.5 Å². The second-order valence-corrected chi connectivity index (χ2v) is 5.06. The fraction of sp³-hybridized carbons (Fsp3) is 0.250. The van der Waals surface area contributed by atoms with Gasteiger partial charge in [-0.25, -0.2) is 0 Å². The number of benzene rings is 2. The number of rotatable bonds is 2. The molecule has 1 aliphatic rings. The highest BCUT2D eigenvalue weighted by molar-refractivity contribution is 5.75. The molecular formula is C16H14F3NO. The third-order valence-corrected chi connectivity index (χ3v) is 3.72. The van der Waals surface area contributed by atoms with Gasteiger partial charge in [0.05, 0.1) is 0 Å². The van der Waals surface area contributed by atoms with E-state index in [2.05, 4.69) is 4.74 Å². The number of nitrogens with two attached hydrogens (primary N) is 1. The van der Waals surface area contributed by atoms with E-state index < -0.39 is 6.36 Å². The summed E-state index contributed by atoms with van der Waals surface area (Å²) in [6, 6.07) is 11.7. The van der Waals surface area contributed by atoms with Crippen LogP contribution in [-0.4, -0.2) is 6.36 Å². The zero-order chi connectivity index (χ0) is 15.0. The van der Waals surface area contributed by atoms with Crippen molar-refractivity contribution < 1.29 is 17.9 Å². The predicted molar refractivity (Wildman–Crippen MR) is 73.8 cm³/mol. The molecular weight excluding hydrogens is 279 g/mol. The smallest absolute Gasteiger partial charge is 0.405 e. The number of para-hydroxylation sites is 1. The van der Waals surface area contributed by atoms with E-state index in [0.717, 1.165) is 29.5 Å². The second-order valence-electron chi connectivity index (χ2n) is 5.06. The van der Waals surface area contributed by atoms with E-state index in [9.17, 15) is 13.2 Å². The van der Waals surface area contributed by atoms with Gasteiger partial charge in [-0.15, -0.1) is 13.2 Å². The Morgan fingerprint density at radius 3 is 2.48 bits per heavy atom. The summed E-state index contributed by atoms with van der Waals surface area (Å²) in [7, 11) is 0. The topological polar surface area (TPSA) is 35.2 Å². The Morgan fingerprint density at radius 2 is 1.71 bits per heavy atom. The molecule has 1 aliphatic carbocycles. The molecule has 0 heterocycles. The van der Waals surface area contributed by atoms with Gasteiger partial charge in [-0.05, 0) is 35.6 Å². The van der Waals surface area contributed by atoms with Crippen LogP contribution < -0.4 is 10.5 Å². The summed E-state index contributed by atoms with van der Waals surface area (Å²) in [5.41, 5.74) is 9.26. The fourth-order valence-corrected chi connectivity index (χ4v) is 2.84. The molecule has 0 bridgehead atoms. The molecule has 1 atom stereocenters. The Labute approximate surface area is 120 Å². The van der Waals surface area contributed by atoms with Crippen molar-refractivity contribution in [3.05, 3.63) is 53.6 Å². The maximum atomic E-state index is 12.5. The third kappa shape index (κ3) is 2.74. The second kappa shape index (κ2) is 5.07. The van der Waals surface area contributed by atoms with Crippen molar-refractivity contribution in [2.45, 2.75) is 25.2 Å². The van der Waals surface area contributed by atoms with Gasteiger partial charge < -0.3 is 10.5 Å². The zero-order valence-electron chi connectivity index (χ0n) is 11.2. The number of halogens is 3. The number of ether oxygens (including phenoxy) is 1. The van der Waals surface area contributed by atoms with Crippen LogP contribution in [0.1, 0.15) is 23.6 Å². The lowest BCUT2D eigenvalue weighted by atomic mass is 9.96. The minimum absolute atomic E-state index is 0.0457. The van der Waals surface area contributed by atoms with E-state index >= 15 is 0 Å². The molecule has 5 heteroatoms. The van der Waals surface area contributed by atoms with Crippen molar-refractivity contribution in [2.24, 2.45) is 5.73 Å². The monoisotopic (exact) mass is 293 g/mol. The number of hydrogen-bond donors (Lipinski definition) is 1. The fourth-order valence-electron chi connectivity index (χ4n) is 2.84. The van der Waals surface area contributed by atoms with Gasteiger partial charge in [-0.2, -0.15) is 0 Å². The van der Waals surface area contributed by atoms with E-state index in [1.165, 1.54) is 12.1 Å². The van der Waals surface area contributed by atoms with Crippen LogP contribution in [0.5, 0.6) is 5.75 Å². The lowest BCUT2D eigenvalue weighted by Gasteiger charge is -2.15. The molecule has 0 fully saturated rings. The quantitative estimate of drug-likeness (QED) is 0.900. The largest absolute Gasteiger partial charge is 0.573 e. The minimum Gasteiger partial charge on any atom is -0.405 e. The summed E-state index contributed by atoms with van der Waals surface area (Å²) in [4.78, 5) is 0. The Hall–Kier alpha value is -2.01. The van der Waals surface area contributed by atoms with Crippen molar-refractivity contribution in [2.75, 3.05) is 0 Å². The molecule has 0 saturated heterocycles. The van der Waals surface area contributed by atoms with Crippen molar-refractivity contribution >= 4 is 0 Å². The summed E-state index contributed by atoms with van der Waals surface area (Å²) in [6.45, 7) is 0. The Morgan fingerprint density at radius 1 is 1.00 bits per heavy atom. The standard InChI is InChI=1S/C16H14F3NO/c17-16(18,19)21-15-7-2-1-4-13(15)10-5-3-6-12-11(10)8-9-14(12)20/h1-7,14H,8-9,20H2. The highest BCUT2D eigenvalue weighted by Crippen LogP contribution is 2.40. The Kier molecular flexibility index (Phi) is 3.37. The third-order valence-electron chi connectivity index (χ3n) is 3.72. The molecule has 21 heavy (non-hydrogen) atoms. The first-order valence-electron chi connectivity index (χ1n) is 6.68. The molecule has 0 amide bonds. The summed E-state index contributed by atoms with van der Waals surface area (Å²) in [6.07, 6.45) is -3.12. The summed E-state index contributed by atoms with van der Waals surface area (Å²) < 4.78 is 41.7. The van der Waals surface area contributed by atoms with Crippen molar-refractivity contribution in [3.8, 4) is 16.9 Å². The summed E-state index contributed by atoms with van der Waals surface area (Å²) >= 11 is 0. The van der Waals surface area contributed by atoms with Gasteiger partial charge in [-0.3, -0.25) is 0 Å². The average Bonchev–Trinajstić information content (AvgIpc) is 2.80. The predicted octanol–water partition coefficient (Wildman–Crippen LogP) is 4.20. The van der Waals surface area contributed by atoms with Gasteiger partial charge in [-0.1, -0.05) is 36.4 Å². The van der Waals surface area contributed by atoms with E-state index in [0.29, 0.717) is 5.56 Å². The lowest BCUT2D eigenvalue weighted by Crippen LogP contribution is -2.17. The number of alkyl halides is 3. The van der Waals surface area contributed by atoms with Gasteiger partial charge >= 0.3 is 6.36 Å². The first-order chi connectivity index (χ1) is 9.96. The first-order valence-corrected chi connectivity index (χ1v) is 6.68. The highest BCUT2D eigenvalue weighted by Gasteiger charge is 2.32. The Balaban J connectivity index is 2.10. The minimum atomic E-state index is -4.70. The van der Waals surface area contributed by atoms with Crippen LogP contribution >= 0.6 is 0 Å². The van der Waals surface area contributed by atoms with Crippen molar-refractivity contribution in [1.82, 2.24) is 0 Å². The molecule has 0 saturated carbocycles. The maximum absolute atomic E-state index is 12.5. The Bertz CT molecular complexity index is 667. The molecule has 2 aromatic carbocycles. The van der Waals surface area contributed by atoms with Crippen LogP contribution in [0, 0.1) is 0 Å². The van der Waals surface area contributed by atoms with Crippen molar-refractivity contribution in [3.63, 3.8) is 0 Å². The highest BCUT2D eigenvalue weighted by atomic mass is 19.4. The number of hydrogen-bond acceptors (Lipinski definition) is 2. The summed E-state index contributed by atoms with van der Waals surface area (Å²) in [5, 5.41) is 0. The average molecular weight is 293 g/mol. The zero-order valence-corrected chi connectivity index (χ0v) is 11.2. The van der Waals surface area contributed by atoms with Gasteiger partial charge in [0.1, 0.15) is 5.75 Å². The lowest BCUT2D eigenvalue weighted by molar-refractivity contribution is -0.274. The van der Waals surface area contributed by atoms with Gasteiger partial charge in [0.15, 0.2) is 0 Å². The maximum Gasteiger partial charge on any atom is 0.573 e. The molecule has 0 aliphatic heterocycles. The molecule has 2 nitrogen and oxygen atoms in total. The normalized spacial score (nSPS) is 17.6. The van der Waals surface area contributed by atoms with Crippen LogP contribution in [0.4, 0.5) is 13.2 Å². The first kappa shape index (κ1) is 13.9. The molecule has 2 aromatic rings. The number of fused-ring (bicyclic) bond motifs is 1. The molecule has 3 rings (SSSR count). The molecule has 110 valence electrons. The van der Waals surface area contributed by atoms with E-state index in [-0.39, 0.29) is 11.8 Å².